The van der Waals surface area contributed by atoms with E-state index in [1.807, 2.05) is 29.7 Å². The maximum Gasteiger partial charge on any atom is 0.295 e. The second-order valence-corrected chi connectivity index (χ2v) is 4.57. The summed E-state index contributed by atoms with van der Waals surface area (Å²) in [6, 6.07) is 7.54. The van der Waals surface area contributed by atoms with Crippen molar-refractivity contribution in [1.82, 2.24) is 14.8 Å². The fourth-order valence-corrected chi connectivity index (χ4v) is 2.11. The van der Waals surface area contributed by atoms with Crippen molar-refractivity contribution in [2.45, 2.75) is 0 Å². The monoisotopic (exact) mass is 298 g/mol. The van der Waals surface area contributed by atoms with Crippen LogP contribution in [0.25, 0.3) is 11.4 Å². The zero-order chi connectivity index (χ0) is 11.5. The molecule has 7 heteroatoms. The molecule has 0 saturated carbocycles. The van der Waals surface area contributed by atoms with E-state index < -0.39 is 5.91 Å². The molecule has 3 N–H and O–H groups in total. The van der Waals surface area contributed by atoms with E-state index in [0.717, 1.165) is 21.6 Å². The number of rotatable bonds is 2. The van der Waals surface area contributed by atoms with Gasteiger partial charge in [0.15, 0.2) is 5.82 Å². The first-order valence-electron chi connectivity index (χ1n) is 4.31. The summed E-state index contributed by atoms with van der Waals surface area (Å²) < 4.78 is 5.02. The molecule has 2 rings (SSSR count). The Bertz CT molecular complexity index is 528. The molecule has 0 bridgehead atoms. The number of carbonyl (C=O) groups excluding carboxylic acids is 1. The van der Waals surface area contributed by atoms with Gasteiger partial charge in [0, 0.05) is 10.0 Å². The highest BCUT2D eigenvalue weighted by Crippen LogP contribution is 2.21. The maximum absolute atomic E-state index is 11.2. The molecule has 0 atom stereocenters. The number of carbonyl (C=O) groups is 1. The van der Waals surface area contributed by atoms with E-state index in [4.69, 9.17) is 5.84 Å². The minimum absolute atomic E-state index is 0.248. The number of nitrogens with zero attached hydrogens (tertiary/aromatic N) is 2. The number of hydrazine groups is 1. The number of halogens is 1. The topological polar surface area (TPSA) is 80.9 Å². The average molecular weight is 299 g/mol. The van der Waals surface area contributed by atoms with Gasteiger partial charge in [0.1, 0.15) is 0 Å². The Hall–Kier alpha value is -1.31. The molecule has 0 saturated heterocycles. The van der Waals surface area contributed by atoms with E-state index in [1.54, 1.807) is 0 Å². The third kappa shape index (κ3) is 2.26. The fraction of sp³-hybridized carbons (Fsp3) is 0. The first kappa shape index (κ1) is 11.2. The Morgan fingerprint density at radius 2 is 2.31 bits per heavy atom. The predicted molar refractivity (Wildman–Crippen MR) is 64.7 cm³/mol. The zero-order valence-corrected chi connectivity index (χ0v) is 10.4. The molecule has 16 heavy (non-hydrogen) atoms. The molecule has 1 heterocycles. The third-order valence-corrected chi connectivity index (χ3v) is 3.04. The lowest BCUT2D eigenvalue weighted by molar-refractivity contribution is 0.0953. The van der Waals surface area contributed by atoms with Crippen LogP contribution >= 0.6 is 27.5 Å². The lowest BCUT2D eigenvalue weighted by Gasteiger charge is -1.95. The summed E-state index contributed by atoms with van der Waals surface area (Å²) in [5.74, 6) is 5.09. The van der Waals surface area contributed by atoms with Crippen molar-refractivity contribution in [1.29, 1.82) is 0 Å². The fourth-order valence-electron chi connectivity index (χ4n) is 1.12. The number of nitrogens with two attached hydrogens (primary N) is 1. The third-order valence-electron chi connectivity index (χ3n) is 1.83. The quantitative estimate of drug-likeness (QED) is 0.501. The number of amides is 1. The van der Waals surface area contributed by atoms with E-state index in [2.05, 4.69) is 25.3 Å². The van der Waals surface area contributed by atoms with E-state index in [1.165, 1.54) is 0 Å². The smallest absolute Gasteiger partial charge is 0.288 e. The molecular weight excluding hydrogens is 292 g/mol. The standard InChI is InChI=1S/C9H7BrN4OS/c10-6-3-1-2-5(4-6)7-12-9(16-14-7)8(15)13-11/h1-4H,11H2,(H,13,15). The van der Waals surface area contributed by atoms with Gasteiger partial charge in [-0.15, -0.1) is 0 Å². The van der Waals surface area contributed by atoms with E-state index in [9.17, 15) is 4.79 Å². The highest BCUT2D eigenvalue weighted by molar-refractivity contribution is 9.10. The van der Waals surface area contributed by atoms with Crippen LogP contribution in [0.2, 0.25) is 0 Å². The summed E-state index contributed by atoms with van der Waals surface area (Å²) in [7, 11) is 0. The number of hydrogen-bond acceptors (Lipinski definition) is 5. The van der Waals surface area contributed by atoms with Crippen LogP contribution in [0.1, 0.15) is 9.80 Å². The molecule has 0 aliphatic rings. The summed E-state index contributed by atoms with van der Waals surface area (Å²) >= 11 is 4.37. The van der Waals surface area contributed by atoms with Crippen LogP contribution in [0.15, 0.2) is 28.7 Å². The number of nitrogens with one attached hydrogen (secondary N) is 1. The normalized spacial score (nSPS) is 10.1. The van der Waals surface area contributed by atoms with Crippen molar-refractivity contribution >= 4 is 33.4 Å². The highest BCUT2D eigenvalue weighted by Gasteiger charge is 2.12. The van der Waals surface area contributed by atoms with Gasteiger partial charge in [0.05, 0.1) is 0 Å². The van der Waals surface area contributed by atoms with Crippen molar-refractivity contribution in [3.05, 3.63) is 33.7 Å². The molecule has 0 radical (unpaired) electrons. The van der Waals surface area contributed by atoms with Crippen LogP contribution in [0.5, 0.6) is 0 Å². The molecule has 1 aromatic carbocycles. The van der Waals surface area contributed by atoms with Crippen molar-refractivity contribution in [2.24, 2.45) is 5.84 Å². The predicted octanol–water partition coefficient (Wildman–Crippen LogP) is 1.57. The molecule has 2 aromatic rings. The van der Waals surface area contributed by atoms with Gasteiger partial charge in [-0.05, 0) is 23.7 Å². The molecule has 0 aliphatic carbocycles. The first-order valence-corrected chi connectivity index (χ1v) is 5.88. The molecule has 0 spiro atoms. The Morgan fingerprint density at radius 3 is 3.00 bits per heavy atom. The van der Waals surface area contributed by atoms with Crippen molar-refractivity contribution < 1.29 is 4.79 Å². The van der Waals surface area contributed by atoms with Crippen LogP contribution in [0.3, 0.4) is 0 Å². The van der Waals surface area contributed by atoms with Crippen LogP contribution in [-0.4, -0.2) is 15.3 Å². The van der Waals surface area contributed by atoms with E-state index in [-0.39, 0.29) is 5.01 Å². The van der Waals surface area contributed by atoms with Crippen LogP contribution in [0, 0.1) is 0 Å². The molecule has 0 aliphatic heterocycles. The molecule has 5 nitrogen and oxygen atoms in total. The van der Waals surface area contributed by atoms with Gasteiger partial charge in [-0.1, -0.05) is 28.1 Å². The summed E-state index contributed by atoms with van der Waals surface area (Å²) in [6.45, 7) is 0. The summed E-state index contributed by atoms with van der Waals surface area (Å²) in [4.78, 5) is 15.3. The Morgan fingerprint density at radius 1 is 1.50 bits per heavy atom. The zero-order valence-electron chi connectivity index (χ0n) is 7.98. The van der Waals surface area contributed by atoms with Gasteiger partial charge in [-0.3, -0.25) is 10.2 Å². The Labute approximate surface area is 104 Å². The Kier molecular flexibility index (Phi) is 3.28. The lowest BCUT2D eigenvalue weighted by Crippen LogP contribution is -2.29. The van der Waals surface area contributed by atoms with Crippen molar-refractivity contribution in [3.63, 3.8) is 0 Å². The van der Waals surface area contributed by atoms with Crippen molar-refractivity contribution in [3.8, 4) is 11.4 Å². The van der Waals surface area contributed by atoms with Gasteiger partial charge in [-0.2, -0.15) is 4.37 Å². The summed E-state index contributed by atoms with van der Waals surface area (Å²) in [5, 5.41) is 0.248. The van der Waals surface area contributed by atoms with Crippen LogP contribution in [-0.2, 0) is 0 Å². The number of aromatic nitrogens is 2. The molecular formula is C9H7BrN4OS. The van der Waals surface area contributed by atoms with Crippen LogP contribution in [0.4, 0.5) is 0 Å². The first-order chi connectivity index (χ1) is 7.70. The summed E-state index contributed by atoms with van der Waals surface area (Å²) in [5.41, 5.74) is 2.87. The van der Waals surface area contributed by atoms with Gasteiger partial charge in [0.25, 0.3) is 5.91 Å². The largest absolute Gasteiger partial charge is 0.295 e. The lowest BCUT2D eigenvalue weighted by atomic mass is 10.2. The average Bonchev–Trinajstić information content (AvgIpc) is 2.77. The number of nitrogen functional groups attached to an aromatic ring is 1. The van der Waals surface area contributed by atoms with Gasteiger partial charge in [-0.25, -0.2) is 10.8 Å². The number of benzene rings is 1. The maximum atomic E-state index is 11.2. The van der Waals surface area contributed by atoms with E-state index in [0.29, 0.717) is 5.82 Å². The van der Waals surface area contributed by atoms with Crippen molar-refractivity contribution in [2.75, 3.05) is 0 Å². The SMILES string of the molecule is NNC(=O)c1nc(-c2cccc(Br)c2)ns1. The molecule has 1 aromatic heterocycles. The second kappa shape index (κ2) is 4.69. The second-order valence-electron chi connectivity index (χ2n) is 2.91. The summed E-state index contributed by atoms with van der Waals surface area (Å²) in [6.07, 6.45) is 0. The molecule has 0 unspecified atom stereocenters. The molecule has 0 fully saturated rings. The number of hydrogen-bond donors (Lipinski definition) is 2. The van der Waals surface area contributed by atoms with E-state index >= 15 is 0 Å². The van der Waals surface area contributed by atoms with Gasteiger partial charge in [0.2, 0.25) is 5.01 Å². The Balaban J connectivity index is 2.35. The van der Waals surface area contributed by atoms with Gasteiger partial charge >= 0.3 is 0 Å². The minimum Gasteiger partial charge on any atom is -0.288 e. The van der Waals surface area contributed by atoms with Gasteiger partial charge < -0.3 is 0 Å². The highest BCUT2D eigenvalue weighted by atomic mass is 79.9. The minimum atomic E-state index is -0.432. The molecule has 82 valence electrons. The molecule has 1 amide bonds. The van der Waals surface area contributed by atoms with Crippen LogP contribution < -0.4 is 11.3 Å².